The first-order valence-electron chi connectivity index (χ1n) is 6.11. The van der Waals surface area contributed by atoms with Crippen molar-refractivity contribution in [2.24, 2.45) is 5.92 Å². The van der Waals surface area contributed by atoms with Gasteiger partial charge >= 0.3 is 0 Å². The summed E-state index contributed by atoms with van der Waals surface area (Å²) >= 11 is 4.98. The average molecular weight is 317 g/mol. The highest BCUT2D eigenvalue weighted by atomic mass is 79.9. The van der Waals surface area contributed by atoms with Gasteiger partial charge in [-0.15, -0.1) is 11.3 Å². The lowest BCUT2D eigenvalue weighted by atomic mass is 9.83. The van der Waals surface area contributed by atoms with Crippen molar-refractivity contribution in [2.75, 3.05) is 0 Å². The summed E-state index contributed by atoms with van der Waals surface area (Å²) in [6, 6.07) is 1.94. The molecule has 1 aromatic rings. The van der Waals surface area contributed by atoms with Gasteiger partial charge in [0.2, 0.25) is 0 Å². The van der Waals surface area contributed by atoms with Crippen molar-refractivity contribution in [3.63, 3.8) is 0 Å². The summed E-state index contributed by atoms with van der Waals surface area (Å²) in [6.07, 6.45) is 5.14. The molecule has 0 radical (unpaired) electrons. The molecule has 1 aliphatic rings. The molecule has 0 spiro atoms. The molecule has 1 heterocycles. The second-order valence-corrected chi connectivity index (χ2v) is 6.53. The minimum atomic E-state index is -0.760. The van der Waals surface area contributed by atoms with Crippen LogP contribution in [-0.4, -0.2) is 17.0 Å². The highest BCUT2D eigenvalue weighted by molar-refractivity contribution is 9.10. The zero-order chi connectivity index (χ0) is 12.3. The van der Waals surface area contributed by atoms with Gasteiger partial charge < -0.3 is 5.11 Å². The van der Waals surface area contributed by atoms with E-state index in [-0.39, 0.29) is 11.7 Å². The van der Waals surface area contributed by atoms with Gasteiger partial charge in [-0.1, -0.05) is 19.3 Å². The summed E-state index contributed by atoms with van der Waals surface area (Å²) in [5.41, 5.74) is 0. The molecule has 0 saturated heterocycles. The fraction of sp³-hybridized carbons (Fsp3) is 0.615. The SMILES string of the molecule is O=C(Cc1sccc1Br)C(O)C1CCCCC1. The van der Waals surface area contributed by atoms with E-state index in [4.69, 9.17) is 0 Å². The summed E-state index contributed by atoms with van der Waals surface area (Å²) in [5.74, 6) is 0.162. The summed E-state index contributed by atoms with van der Waals surface area (Å²) in [5, 5.41) is 12.0. The lowest BCUT2D eigenvalue weighted by molar-refractivity contribution is -0.129. The number of aliphatic hydroxyl groups excluding tert-OH is 1. The van der Waals surface area contributed by atoms with E-state index in [0.717, 1.165) is 35.0 Å². The van der Waals surface area contributed by atoms with Crippen molar-refractivity contribution < 1.29 is 9.90 Å². The first-order valence-corrected chi connectivity index (χ1v) is 7.78. The normalized spacial score (nSPS) is 19.2. The van der Waals surface area contributed by atoms with E-state index in [0.29, 0.717) is 6.42 Å². The maximum absolute atomic E-state index is 12.0. The van der Waals surface area contributed by atoms with Crippen molar-refractivity contribution in [1.82, 2.24) is 0 Å². The number of aliphatic hydroxyl groups is 1. The van der Waals surface area contributed by atoms with Crippen molar-refractivity contribution >= 4 is 33.0 Å². The van der Waals surface area contributed by atoms with Crippen molar-refractivity contribution in [1.29, 1.82) is 0 Å². The summed E-state index contributed by atoms with van der Waals surface area (Å²) in [7, 11) is 0. The topological polar surface area (TPSA) is 37.3 Å². The molecule has 0 aromatic carbocycles. The van der Waals surface area contributed by atoms with E-state index < -0.39 is 6.10 Å². The number of Topliss-reactive ketones (excluding diaryl/α,β-unsaturated/α-hetero) is 1. The van der Waals surface area contributed by atoms with Crippen molar-refractivity contribution in [2.45, 2.75) is 44.6 Å². The third-order valence-corrected chi connectivity index (χ3v) is 5.38. The van der Waals surface area contributed by atoms with E-state index in [1.165, 1.54) is 6.42 Å². The number of thiophene rings is 1. The Hall–Kier alpha value is -0.190. The van der Waals surface area contributed by atoms with Crippen LogP contribution >= 0.6 is 27.3 Å². The van der Waals surface area contributed by atoms with Gasteiger partial charge in [-0.2, -0.15) is 0 Å². The molecule has 0 amide bonds. The predicted molar refractivity (Wildman–Crippen MR) is 73.3 cm³/mol. The molecule has 1 fully saturated rings. The molecular formula is C13H17BrO2S. The molecule has 1 N–H and O–H groups in total. The van der Waals surface area contributed by atoms with Crippen molar-refractivity contribution in [3.05, 3.63) is 20.8 Å². The first-order chi connectivity index (χ1) is 8.18. The highest BCUT2D eigenvalue weighted by Gasteiger charge is 2.27. The van der Waals surface area contributed by atoms with Gasteiger partial charge in [0.05, 0.1) is 0 Å². The second kappa shape index (κ2) is 6.12. The molecule has 1 unspecified atom stereocenters. The summed E-state index contributed by atoms with van der Waals surface area (Å²) in [4.78, 5) is 13.0. The smallest absolute Gasteiger partial charge is 0.166 e. The molecule has 0 bridgehead atoms. The van der Waals surface area contributed by atoms with E-state index in [9.17, 15) is 9.90 Å². The van der Waals surface area contributed by atoms with Crippen LogP contribution in [0.3, 0.4) is 0 Å². The number of carbonyl (C=O) groups excluding carboxylic acids is 1. The number of rotatable bonds is 4. The predicted octanol–water partition coefficient (Wildman–Crippen LogP) is 3.56. The fourth-order valence-corrected chi connectivity index (χ4v) is 3.93. The first kappa shape index (κ1) is 13.2. The Morgan fingerprint density at radius 2 is 2.18 bits per heavy atom. The molecule has 17 heavy (non-hydrogen) atoms. The number of hydrogen-bond acceptors (Lipinski definition) is 3. The van der Waals surface area contributed by atoms with Gasteiger partial charge in [0.25, 0.3) is 0 Å². The van der Waals surface area contributed by atoms with Gasteiger partial charge in [0.15, 0.2) is 5.78 Å². The van der Waals surface area contributed by atoms with Crippen LogP contribution in [0.4, 0.5) is 0 Å². The minimum Gasteiger partial charge on any atom is -0.385 e. The highest BCUT2D eigenvalue weighted by Crippen LogP contribution is 2.29. The minimum absolute atomic E-state index is 0.0277. The molecule has 2 nitrogen and oxygen atoms in total. The van der Waals surface area contributed by atoms with Gasteiger partial charge in [-0.3, -0.25) is 4.79 Å². The average Bonchev–Trinajstić information content (AvgIpc) is 2.75. The third-order valence-electron chi connectivity index (χ3n) is 3.45. The van der Waals surface area contributed by atoms with Gasteiger partial charge in [0, 0.05) is 15.8 Å². The summed E-state index contributed by atoms with van der Waals surface area (Å²) in [6.45, 7) is 0. The molecule has 0 aliphatic heterocycles. The Bertz CT molecular complexity index is 383. The van der Waals surface area contributed by atoms with Crippen molar-refractivity contribution in [3.8, 4) is 0 Å². The van der Waals surface area contributed by atoms with E-state index in [1.807, 2.05) is 11.4 Å². The van der Waals surface area contributed by atoms with Crippen LogP contribution in [0.25, 0.3) is 0 Å². The lowest BCUT2D eigenvalue weighted by Crippen LogP contribution is -2.32. The van der Waals surface area contributed by atoms with Crippen LogP contribution in [0.2, 0.25) is 0 Å². The number of ketones is 1. The molecule has 4 heteroatoms. The van der Waals surface area contributed by atoms with Crippen LogP contribution < -0.4 is 0 Å². The standard InChI is InChI=1S/C13H17BrO2S/c14-10-6-7-17-12(10)8-11(15)13(16)9-4-2-1-3-5-9/h6-7,9,13,16H,1-5,8H2. The van der Waals surface area contributed by atoms with E-state index >= 15 is 0 Å². The van der Waals surface area contributed by atoms with Gasteiger partial charge in [-0.05, 0) is 46.1 Å². The molecular weight excluding hydrogens is 300 g/mol. The zero-order valence-corrected chi connectivity index (χ0v) is 12.1. The van der Waals surface area contributed by atoms with E-state index in [1.54, 1.807) is 11.3 Å². The second-order valence-electron chi connectivity index (χ2n) is 4.68. The lowest BCUT2D eigenvalue weighted by Gasteiger charge is -2.25. The molecule has 1 aliphatic carbocycles. The molecule has 1 saturated carbocycles. The van der Waals surface area contributed by atoms with E-state index in [2.05, 4.69) is 15.9 Å². The van der Waals surface area contributed by atoms with Gasteiger partial charge in [0.1, 0.15) is 6.10 Å². The molecule has 1 aromatic heterocycles. The van der Waals surface area contributed by atoms with Crippen LogP contribution in [0.1, 0.15) is 37.0 Å². The maximum atomic E-state index is 12.0. The molecule has 1 atom stereocenters. The zero-order valence-electron chi connectivity index (χ0n) is 9.69. The Balaban J connectivity index is 1.93. The molecule has 2 rings (SSSR count). The third kappa shape index (κ3) is 3.39. The largest absolute Gasteiger partial charge is 0.385 e. The monoisotopic (exact) mass is 316 g/mol. The van der Waals surface area contributed by atoms with Crippen LogP contribution in [0, 0.1) is 5.92 Å². The van der Waals surface area contributed by atoms with Crippen LogP contribution in [-0.2, 0) is 11.2 Å². The fourth-order valence-electron chi connectivity index (χ4n) is 2.43. The number of hydrogen-bond donors (Lipinski definition) is 1. The summed E-state index contributed by atoms with van der Waals surface area (Å²) < 4.78 is 0.978. The Morgan fingerprint density at radius 3 is 2.76 bits per heavy atom. The number of halogens is 1. The Kier molecular flexibility index (Phi) is 4.77. The Labute approximate surface area is 114 Å². The van der Waals surface area contributed by atoms with Crippen LogP contribution in [0.15, 0.2) is 15.9 Å². The molecule has 94 valence electrons. The van der Waals surface area contributed by atoms with Gasteiger partial charge in [-0.25, -0.2) is 0 Å². The number of carbonyl (C=O) groups is 1. The quantitative estimate of drug-likeness (QED) is 0.922. The Morgan fingerprint density at radius 1 is 1.47 bits per heavy atom. The van der Waals surface area contributed by atoms with Crippen LogP contribution in [0.5, 0.6) is 0 Å². The maximum Gasteiger partial charge on any atom is 0.166 e.